The van der Waals surface area contributed by atoms with Gasteiger partial charge < -0.3 is 10.3 Å². The van der Waals surface area contributed by atoms with Crippen molar-refractivity contribution >= 4 is 11.4 Å². The van der Waals surface area contributed by atoms with Crippen LogP contribution in [0.3, 0.4) is 0 Å². The molecule has 0 radical (unpaired) electrons. The van der Waals surface area contributed by atoms with Crippen LogP contribution in [0.1, 0.15) is 0 Å². The summed E-state index contributed by atoms with van der Waals surface area (Å²) in [5, 5.41) is 14.8. The van der Waals surface area contributed by atoms with E-state index in [0.29, 0.717) is 16.8 Å². The van der Waals surface area contributed by atoms with E-state index in [-0.39, 0.29) is 17.4 Å². The first-order valence-electron chi connectivity index (χ1n) is 6.08. The SMILES string of the molecule is Nc1ccc(-c2nc(-c3ccccc3[N+](=O)[O-])no2)cc1. The number of benzene rings is 2. The molecule has 0 fully saturated rings. The van der Waals surface area contributed by atoms with Gasteiger partial charge in [0, 0.05) is 17.3 Å². The fourth-order valence-corrected chi connectivity index (χ4v) is 1.90. The molecule has 2 aromatic carbocycles. The number of nitrogens with two attached hydrogens (primary N) is 1. The lowest BCUT2D eigenvalue weighted by Gasteiger charge is -1.96. The number of para-hydroxylation sites is 1. The molecule has 3 aromatic rings. The van der Waals surface area contributed by atoms with E-state index in [1.807, 2.05) is 0 Å². The van der Waals surface area contributed by atoms with Gasteiger partial charge in [0.1, 0.15) is 5.56 Å². The lowest BCUT2D eigenvalue weighted by atomic mass is 10.1. The highest BCUT2D eigenvalue weighted by Gasteiger charge is 2.19. The summed E-state index contributed by atoms with van der Waals surface area (Å²) in [6, 6.07) is 13.2. The van der Waals surface area contributed by atoms with E-state index >= 15 is 0 Å². The Morgan fingerprint density at radius 3 is 2.52 bits per heavy atom. The highest BCUT2D eigenvalue weighted by Crippen LogP contribution is 2.29. The van der Waals surface area contributed by atoms with Crippen molar-refractivity contribution < 1.29 is 9.45 Å². The molecule has 0 aliphatic carbocycles. The molecule has 0 saturated heterocycles. The summed E-state index contributed by atoms with van der Waals surface area (Å²) in [5.74, 6) is 0.456. The molecule has 0 spiro atoms. The summed E-state index contributed by atoms with van der Waals surface area (Å²) in [5.41, 5.74) is 7.18. The van der Waals surface area contributed by atoms with E-state index in [1.54, 1.807) is 42.5 Å². The second-order valence-electron chi connectivity index (χ2n) is 4.32. The van der Waals surface area contributed by atoms with E-state index < -0.39 is 4.92 Å². The fraction of sp³-hybridized carbons (Fsp3) is 0. The Balaban J connectivity index is 2.03. The molecule has 0 amide bonds. The Labute approximate surface area is 119 Å². The van der Waals surface area contributed by atoms with Gasteiger partial charge in [-0.05, 0) is 30.3 Å². The molecule has 0 bridgehead atoms. The minimum Gasteiger partial charge on any atom is -0.399 e. The minimum absolute atomic E-state index is 0.0674. The monoisotopic (exact) mass is 282 g/mol. The smallest absolute Gasteiger partial charge is 0.280 e. The normalized spacial score (nSPS) is 10.5. The van der Waals surface area contributed by atoms with Crippen molar-refractivity contribution in [2.45, 2.75) is 0 Å². The Morgan fingerprint density at radius 2 is 1.81 bits per heavy atom. The standard InChI is InChI=1S/C14H10N4O3/c15-10-7-5-9(6-8-10)14-16-13(17-21-14)11-3-1-2-4-12(11)18(19)20/h1-8H,15H2. The summed E-state index contributed by atoms with van der Waals surface area (Å²) in [6.07, 6.45) is 0. The van der Waals surface area contributed by atoms with Crippen LogP contribution in [0.15, 0.2) is 53.1 Å². The van der Waals surface area contributed by atoms with Crippen molar-refractivity contribution in [3.63, 3.8) is 0 Å². The summed E-state index contributed by atoms with van der Waals surface area (Å²) in [4.78, 5) is 14.7. The maximum Gasteiger partial charge on any atom is 0.280 e. The van der Waals surface area contributed by atoms with Crippen LogP contribution < -0.4 is 5.73 Å². The first kappa shape index (κ1) is 12.8. The molecule has 7 heteroatoms. The maximum absolute atomic E-state index is 11.0. The molecular formula is C14H10N4O3. The van der Waals surface area contributed by atoms with Gasteiger partial charge >= 0.3 is 0 Å². The van der Waals surface area contributed by atoms with Crippen molar-refractivity contribution in [2.24, 2.45) is 0 Å². The molecule has 104 valence electrons. The van der Waals surface area contributed by atoms with Crippen LogP contribution in [0.5, 0.6) is 0 Å². The van der Waals surface area contributed by atoms with Crippen molar-refractivity contribution in [1.82, 2.24) is 10.1 Å². The van der Waals surface area contributed by atoms with Gasteiger partial charge in [-0.2, -0.15) is 4.98 Å². The third-order valence-corrected chi connectivity index (χ3v) is 2.93. The van der Waals surface area contributed by atoms with Gasteiger partial charge in [0.2, 0.25) is 5.82 Å². The van der Waals surface area contributed by atoms with Crippen LogP contribution >= 0.6 is 0 Å². The van der Waals surface area contributed by atoms with Gasteiger partial charge in [0.25, 0.3) is 11.6 Å². The van der Waals surface area contributed by atoms with Gasteiger partial charge in [0.15, 0.2) is 0 Å². The molecule has 0 atom stereocenters. The fourth-order valence-electron chi connectivity index (χ4n) is 1.90. The molecule has 1 heterocycles. The zero-order valence-corrected chi connectivity index (χ0v) is 10.8. The molecule has 0 unspecified atom stereocenters. The van der Waals surface area contributed by atoms with Crippen LogP contribution in [0.4, 0.5) is 11.4 Å². The van der Waals surface area contributed by atoms with E-state index in [0.717, 1.165) is 0 Å². The lowest BCUT2D eigenvalue weighted by Crippen LogP contribution is -1.92. The topological polar surface area (TPSA) is 108 Å². The summed E-state index contributed by atoms with van der Waals surface area (Å²) >= 11 is 0. The average molecular weight is 282 g/mol. The van der Waals surface area contributed by atoms with Crippen LogP contribution in [0, 0.1) is 10.1 Å². The third kappa shape index (κ3) is 2.44. The predicted molar refractivity (Wildman–Crippen MR) is 76.2 cm³/mol. The molecule has 0 saturated carbocycles. The lowest BCUT2D eigenvalue weighted by molar-refractivity contribution is -0.384. The second kappa shape index (κ2) is 5.04. The van der Waals surface area contributed by atoms with E-state index in [9.17, 15) is 10.1 Å². The largest absolute Gasteiger partial charge is 0.399 e. The summed E-state index contributed by atoms with van der Waals surface area (Å²) in [6.45, 7) is 0. The highest BCUT2D eigenvalue weighted by atomic mass is 16.6. The van der Waals surface area contributed by atoms with Crippen LogP contribution in [-0.2, 0) is 0 Å². The quantitative estimate of drug-likeness (QED) is 0.449. The first-order valence-corrected chi connectivity index (χ1v) is 6.08. The summed E-state index contributed by atoms with van der Waals surface area (Å²) < 4.78 is 5.16. The van der Waals surface area contributed by atoms with Crippen molar-refractivity contribution in [1.29, 1.82) is 0 Å². The van der Waals surface area contributed by atoms with E-state index in [2.05, 4.69) is 10.1 Å². The molecule has 7 nitrogen and oxygen atoms in total. The first-order chi connectivity index (χ1) is 10.1. The molecule has 3 rings (SSSR count). The van der Waals surface area contributed by atoms with Crippen LogP contribution in [-0.4, -0.2) is 15.1 Å². The molecular weight excluding hydrogens is 272 g/mol. The van der Waals surface area contributed by atoms with Gasteiger partial charge in [-0.1, -0.05) is 17.3 Å². The number of nitrogens with zero attached hydrogens (tertiary/aromatic N) is 3. The zero-order chi connectivity index (χ0) is 14.8. The number of hydrogen-bond donors (Lipinski definition) is 1. The highest BCUT2D eigenvalue weighted by molar-refractivity contribution is 5.69. The predicted octanol–water partition coefficient (Wildman–Crippen LogP) is 2.89. The molecule has 2 N–H and O–H groups in total. The van der Waals surface area contributed by atoms with Crippen LogP contribution in [0.2, 0.25) is 0 Å². The molecule has 1 aromatic heterocycles. The van der Waals surface area contributed by atoms with Crippen molar-refractivity contribution in [2.75, 3.05) is 5.73 Å². The minimum atomic E-state index is -0.478. The van der Waals surface area contributed by atoms with E-state index in [4.69, 9.17) is 10.3 Å². The number of nitrogen functional groups attached to an aromatic ring is 1. The Morgan fingerprint density at radius 1 is 1.10 bits per heavy atom. The third-order valence-electron chi connectivity index (χ3n) is 2.93. The van der Waals surface area contributed by atoms with Gasteiger partial charge in [-0.25, -0.2) is 0 Å². The van der Waals surface area contributed by atoms with Gasteiger partial charge in [-0.15, -0.1) is 0 Å². The van der Waals surface area contributed by atoms with E-state index in [1.165, 1.54) is 6.07 Å². The van der Waals surface area contributed by atoms with Crippen LogP contribution in [0.25, 0.3) is 22.8 Å². The van der Waals surface area contributed by atoms with Gasteiger partial charge in [0.05, 0.1) is 4.92 Å². The number of hydrogen-bond acceptors (Lipinski definition) is 6. The molecule has 0 aliphatic rings. The number of nitro benzene ring substituents is 1. The second-order valence-corrected chi connectivity index (χ2v) is 4.32. The Hall–Kier alpha value is -3.22. The number of rotatable bonds is 3. The van der Waals surface area contributed by atoms with Crippen molar-refractivity contribution in [3.05, 3.63) is 58.6 Å². The van der Waals surface area contributed by atoms with Gasteiger partial charge in [-0.3, -0.25) is 10.1 Å². The average Bonchev–Trinajstić information content (AvgIpc) is 2.97. The van der Waals surface area contributed by atoms with Crippen molar-refractivity contribution in [3.8, 4) is 22.8 Å². The Bertz CT molecular complexity index is 796. The molecule has 0 aliphatic heterocycles. The number of anilines is 1. The Kier molecular flexibility index (Phi) is 3.07. The maximum atomic E-state index is 11.0. The number of nitro groups is 1. The number of aromatic nitrogens is 2. The molecule has 21 heavy (non-hydrogen) atoms. The zero-order valence-electron chi connectivity index (χ0n) is 10.8. The summed E-state index contributed by atoms with van der Waals surface area (Å²) in [7, 11) is 0.